The summed E-state index contributed by atoms with van der Waals surface area (Å²) in [6.07, 6.45) is -1.29. The first-order valence-corrected chi connectivity index (χ1v) is 4.80. The second-order valence-electron chi connectivity index (χ2n) is 2.75. The smallest absolute Gasteiger partial charge is 0.161 e. The lowest BCUT2D eigenvalue weighted by molar-refractivity contribution is 0.344. The monoisotopic (exact) mass is 263 g/mol. The molecule has 0 amide bonds. The summed E-state index contributed by atoms with van der Waals surface area (Å²) in [5.41, 5.74) is 5.51. The van der Waals surface area contributed by atoms with Gasteiger partial charge in [-0.3, -0.25) is 0 Å². The first kappa shape index (κ1) is 11.3. The van der Waals surface area contributed by atoms with Crippen molar-refractivity contribution < 1.29 is 14.2 Å². The summed E-state index contributed by atoms with van der Waals surface area (Å²) < 4.78 is 18.6. The zero-order chi connectivity index (χ0) is 10.7. The molecule has 0 aliphatic heterocycles. The number of aromatic hydroxyl groups is 1. The van der Waals surface area contributed by atoms with Gasteiger partial charge in [-0.1, -0.05) is 15.9 Å². The van der Waals surface area contributed by atoms with E-state index in [1.165, 1.54) is 19.2 Å². The molecule has 1 unspecified atom stereocenters. The Hall–Kier alpha value is -0.810. The number of halogens is 2. The van der Waals surface area contributed by atoms with Crippen LogP contribution in [0, 0.1) is 0 Å². The van der Waals surface area contributed by atoms with Crippen molar-refractivity contribution in [3.05, 3.63) is 22.2 Å². The summed E-state index contributed by atoms with van der Waals surface area (Å²) in [4.78, 5) is 0. The SMILES string of the molecule is COc1cc(Br)c(C(F)CN)cc1O. The van der Waals surface area contributed by atoms with E-state index in [1.54, 1.807) is 0 Å². The number of phenols is 1. The van der Waals surface area contributed by atoms with Gasteiger partial charge in [0.1, 0.15) is 6.17 Å². The largest absolute Gasteiger partial charge is 0.504 e. The van der Waals surface area contributed by atoms with E-state index < -0.39 is 6.17 Å². The Morgan fingerprint density at radius 2 is 2.29 bits per heavy atom. The van der Waals surface area contributed by atoms with Crippen LogP contribution in [0.2, 0.25) is 0 Å². The lowest BCUT2D eigenvalue weighted by Gasteiger charge is -2.11. The molecule has 0 spiro atoms. The van der Waals surface area contributed by atoms with Crippen molar-refractivity contribution in [2.24, 2.45) is 5.73 Å². The number of nitrogens with two attached hydrogens (primary N) is 1. The molecule has 1 atom stereocenters. The van der Waals surface area contributed by atoms with Crippen LogP contribution in [-0.2, 0) is 0 Å². The molecule has 0 aliphatic carbocycles. The van der Waals surface area contributed by atoms with Gasteiger partial charge in [0, 0.05) is 16.6 Å². The highest BCUT2D eigenvalue weighted by molar-refractivity contribution is 9.10. The van der Waals surface area contributed by atoms with Crippen LogP contribution in [0.3, 0.4) is 0 Å². The third-order valence-electron chi connectivity index (χ3n) is 1.84. The highest BCUT2D eigenvalue weighted by Gasteiger charge is 2.15. The minimum absolute atomic E-state index is 0.0956. The molecular weight excluding hydrogens is 253 g/mol. The maximum atomic E-state index is 13.2. The van der Waals surface area contributed by atoms with Gasteiger partial charge in [-0.05, 0) is 12.1 Å². The van der Waals surface area contributed by atoms with Crippen molar-refractivity contribution in [2.45, 2.75) is 6.17 Å². The van der Waals surface area contributed by atoms with Crippen LogP contribution >= 0.6 is 15.9 Å². The predicted molar refractivity (Wildman–Crippen MR) is 55.3 cm³/mol. The summed E-state index contributed by atoms with van der Waals surface area (Å²) in [5.74, 6) is 0.201. The van der Waals surface area contributed by atoms with Crippen molar-refractivity contribution >= 4 is 15.9 Å². The first-order valence-electron chi connectivity index (χ1n) is 4.00. The van der Waals surface area contributed by atoms with E-state index in [-0.39, 0.29) is 12.3 Å². The third-order valence-corrected chi connectivity index (χ3v) is 2.53. The second-order valence-corrected chi connectivity index (χ2v) is 3.60. The Morgan fingerprint density at radius 3 is 2.79 bits per heavy atom. The number of ether oxygens (including phenoxy) is 1. The fourth-order valence-electron chi connectivity index (χ4n) is 1.09. The Bertz CT molecular complexity index is 333. The molecular formula is C9H11BrFNO2. The lowest BCUT2D eigenvalue weighted by Crippen LogP contribution is -2.08. The Kier molecular flexibility index (Phi) is 3.71. The first-order chi connectivity index (χ1) is 6.60. The van der Waals surface area contributed by atoms with E-state index in [4.69, 9.17) is 10.5 Å². The molecule has 1 aromatic carbocycles. The topological polar surface area (TPSA) is 55.5 Å². The molecule has 1 rings (SSSR count). The van der Waals surface area contributed by atoms with Gasteiger partial charge in [0.25, 0.3) is 0 Å². The third kappa shape index (κ3) is 2.16. The normalized spacial score (nSPS) is 12.6. The zero-order valence-electron chi connectivity index (χ0n) is 7.63. The average Bonchev–Trinajstić information content (AvgIpc) is 2.19. The molecule has 3 N–H and O–H groups in total. The molecule has 0 radical (unpaired) electrons. The number of phenolic OH excluding ortho intramolecular Hbond substituents is 1. The van der Waals surface area contributed by atoms with Gasteiger partial charge in [-0.2, -0.15) is 0 Å². The molecule has 0 saturated carbocycles. The summed E-state index contributed by atoms with van der Waals surface area (Å²) >= 11 is 3.18. The maximum absolute atomic E-state index is 13.2. The molecule has 14 heavy (non-hydrogen) atoms. The average molecular weight is 264 g/mol. The Balaban J connectivity index is 3.14. The van der Waals surface area contributed by atoms with Crippen LogP contribution in [0.5, 0.6) is 11.5 Å². The highest BCUT2D eigenvalue weighted by atomic mass is 79.9. The van der Waals surface area contributed by atoms with Crippen molar-refractivity contribution in [1.29, 1.82) is 0 Å². The van der Waals surface area contributed by atoms with Crippen LogP contribution < -0.4 is 10.5 Å². The van der Waals surface area contributed by atoms with Crippen molar-refractivity contribution in [2.75, 3.05) is 13.7 Å². The zero-order valence-corrected chi connectivity index (χ0v) is 9.21. The molecule has 0 aliphatic rings. The van der Waals surface area contributed by atoms with Gasteiger partial charge >= 0.3 is 0 Å². The van der Waals surface area contributed by atoms with Crippen LogP contribution in [-0.4, -0.2) is 18.8 Å². The standard InChI is InChI=1S/C9H11BrFNO2/c1-14-9-3-6(10)5(2-8(9)13)7(11)4-12/h2-3,7,13H,4,12H2,1H3. The lowest BCUT2D eigenvalue weighted by atomic mass is 10.1. The molecule has 0 saturated heterocycles. The van der Waals surface area contributed by atoms with E-state index in [0.717, 1.165) is 0 Å². The van der Waals surface area contributed by atoms with Gasteiger partial charge in [-0.15, -0.1) is 0 Å². The highest BCUT2D eigenvalue weighted by Crippen LogP contribution is 2.35. The molecule has 3 nitrogen and oxygen atoms in total. The van der Waals surface area contributed by atoms with Crippen LogP contribution in [0.1, 0.15) is 11.7 Å². The molecule has 1 aromatic rings. The fourth-order valence-corrected chi connectivity index (χ4v) is 1.66. The van der Waals surface area contributed by atoms with Crippen molar-refractivity contribution in [3.63, 3.8) is 0 Å². The van der Waals surface area contributed by atoms with Gasteiger partial charge in [0.15, 0.2) is 11.5 Å². The number of benzene rings is 1. The number of rotatable bonds is 3. The Labute approximate surface area is 89.8 Å². The summed E-state index contributed by atoms with van der Waals surface area (Å²) in [6.45, 7) is -0.121. The quantitative estimate of drug-likeness (QED) is 0.879. The minimum atomic E-state index is -1.29. The number of hydrogen-bond donors (Lipinski definition) is 2. The van der Waals surface area contributed by atoms with E-state index in [1.807, 2.05) is 0 Å². The molecule has 78 valence electrons. The van der Waals surface area contributed by atoms with Gasteiger partial charge in [-0.25, -0.2) is 4.39 Å². The van der Waals surface area contributed by atoms with Crippen LogP contribution in [0.15, 0.2) is 16.6 Å². The molecule has 5 heteroatoms. The van der Waals surface area contributed by atoms with E-state index in [0.29, 0.717) is 15.8 Å². The molecule has 0 aromatic heterocycles. The Morgan fingerprint density at radius 1 is 1.64 bits per heavy atom. The van der Waals surface area contributed by atoms with Crippen LogP contribution in [0.25, 0.3) is 0 Å². The molecule has 0 heterocycles. The number of hydrogen-bond acceptors (Lipinski definition) is 3. The summed E-state index contributed by atoms with van der Waals surface area (Å²) in [7, 11) is 1.43. The van der Waals surface area contributed by atoms with Crippen molar-refractivity contribution in [1.82, 2.24) is 0 Å². The van der Waals surface area contributed by atoms with E-state index in [2.05, 4.69) is 15.9 Å². The molecule has 0 fully saturated rings. The second kappa shape index (κ2) is 4.61. The van der Waals surface area contributed by atoms with Crippen LogP contribution in [0.4, 0.5) is 4.39 Å². The predicted octanol–water partition coefficient (Wildman–Crippen LogP) is 2.13. The summed E-state index contributed by atoms with van der Waals surface area (Å²) in [6, 6.07) is 2.81. The summed E-state index contributed by atoms with van der Waals surface area (Å²) in [5, 5.41) is 9.41. The maximum Gasteiger partial charge on any atom is 0.161 e. The number of methoxy groups -OCH3 is 1. The molecule has 0 bridgehead atoms. The fraction of sp³-hybridized carbons (Fsp3) is 0.333. The number of alkyl halides is 1. The van der Waals surface area contributed by atoms with Crippen molar-refractivity contribution in [3.8, 4) is 11.5 Å². The van der Waals surface area contributed by atoms with E-state index >= 15 is 0 Å². The van der Waals surface area contributed by atoms with Gasteiger partial charge in [0.05, 0.1) is 7.11 Å². The van der Waals surface area contributed by atoms with Gasteiger partial charge in [0.2, 0.25) is 0 Å². The van der Waals surface area contributed by atoms with Gasteiger partial charge < -0.3 is 15.6 Å². The minimum Gasteiger partial charge on any atom is -0.504 e. The van der Waals surface area contributed by atoms with E-state index in [9.17, 15) is 9.50 Å².